The largest absolute Gasteiger partial charge is 0.494 e. The van der Waals surface area contributed by atoms with Crippen molar-refractivity contribution < 1.29 is 9.53 Å². The van der Waals surface area contributed by atoms with Crippen LogP contribution in [0.2, 0.25) is 0 Å². The van der Waals surface area contributed by atoms with Gasteiger partial charge in [-0.15, -0.1) is 0 Å². The molecule has 0 saturated carbocycles. The third-order valence-electron chi connectivity index (χ3n) is 2.91. The molecular weight excluding hydrogens is 254 g/mol. The molecule has 1 N–H and O–H groups in total. The second-order valence-corrected chi connectivity index (χ2v) is 4.54. The van der Waals surface area contributed by atoms with Crippen LogP contribution in [0.1, 0.15) is 26.3 Å². The zero-order chi connectivity index (χ0) is 14.4. The lowest BCUT2D eigenvalue weighted by atomic mass is 10.2. The Labute approximate surface area is 118 Å². The van der Waals surface area contributed by atoms with Crippen molar-refractivity contribution in [2.75, 3.05) is 11.9 Å². The van der Waals surface area contributed by atoms with Crippen LogP contribution in [0.15, 0.2) is 42.7 Å². The molecular formula is C15H19N3O2. The highest BCUT2D eigenvalue weighted by molar-refractivity contribution is 5.90. The van der Waals surface area contributed by atoms with E-state index in [0.717, 1.165) is 11.4 Å². The number of nitrogens with one attached hydrogen (secondary N) is 1. The van der Waals surface area contributed by atoms with Crippen molar-refractivity contribution in [3.8, 4) is 5.75 Å². The molecule has 0 fully saturated rings. The summed E-state index contributed by atoms with van der Waals surface area (Å²) in [6.45, 7) is 4.53. The van der Waals surface area contributed by atoms with E-state index in [1.165, 1.54) is 0 Å². The molecule has 0 radical (unpaired) electrons. The fourth-order valence-electron chi connectivity index (χ4n) is 1.92. The Morgan fingerprint density at radius 1 is 1.40 bits per heavy atom. The number of hydrogen-bond donors (Lipinski definition) is 1. The summed E-state index contributed by atoms with van der Waals surface area (Å²) >= 11 is 0. The van der Waals surface area contributed by atoms with Gasteiger partial charge in [0.25, 0.3) is 0 Å². The summed E-state index contributed by atoms with van der Waals surface area (Å²) in [5.74, 6) is 0.771. The van der Waals surface area contributed by atoms with Crippen LogP contribution in [0, 0.1) is 0 Å². The van der Waals surface area contributed by atoms with Crippen molar-refractivity contribution >= 4 is 11.6 Å². The van der Waals surface area contributed by atoms with Crippen molar-refractivity contribution in [3.05, 3.63) is 42.7 Å². The number of anilines is 1. The fourth-order valence-corrected chi connectivity index (χ4v) is 1.92. The Hall–Kier alpha value is -2.30. The Morgan fingerprint density at radius 2 is 2.15 bits per heavy atom. The van der Waals surface area contributed by atoms with E-state index in [1.807, 2.05) is 50.4 Å². The zero-order valence-electron chi connectivity index (χ0n) is 11.7. The van der Waals surface area contributed by atoms with Gasteiger partial charge < -0.3 is 10.1 Å². The van der Waals surface area contributed by atoms with Crippen LogP contribution in [-0.4, -0.2) is 22.3 Å². The summed E-state index contributed by atoms with van der Waals surface area (Å²) in [7, 11) is 0. The number of nitrogens with zero attached hydrogens (tertiary/aromatic N) is 2. The summed E-state index contributed by atoms with van der Waals surface area (Å²) < 4.78 is 7.13. The van der Waals surface area contributed by atoms with E-state index in [9.17, 15) is 4.79 Å². The summed E-state index contributed by atoms with van der Waals surface area (Å²) in [4.78, 5) is 11.9. The lowest BCUT2D eigenvalue weighted by Crippen LogP contribution is -2.17. The number of carbonyl (C=O) groups is 1. The molecule has 1 aromatic carbocycles. The molecule has 0 saturated heterocycles. The van der Waals surface area contributed by atoms with Gasteiger partial charge in [0.2, 0.25) is 5.91 Å². The topological polar surface area (TPSA) is 56.1 Å². The summed E-state index contributed by atoms with van der Waals surface area (Å²) in [5, 5.41) is 7.00. The van der Waals surface area contributed by atoms with Gasteiger partial charge >= 0.3 is 0 Å². The normalized spacial score (nSPS) is 11.9. The van der Waals surface area contributed by atoms with Gasteiger partial charge in [-0.25, -0.2) is 0 Å². The molecule has 106 valence electrons. The highest BCUT2D eigenvalue weighted by Crippen LogP contribution is 2.17. The van der Waals surface area contributed by atoms with Crippen LogP contribution in [0.25, 0.3) is 0 Å². The zero-order valence-corrected chi connectivity index (χ0v) is 11.7. The van der Waals surface area contributed by atoms with Gasteiger partial charge in [0, 0.05) is 24.5 Å². The van der Waals surface area contributed by atoms with Crippen molar-refractivity contribution in [2.45, 2.75) is 26.3 Å². The molecule has 2 rings (SSSR count). The van der Waals surface area contributed by atoms with Gasteiger partial charge in [0.05, 0.1) is 12.6 Å². The van der Waals surface area contributed by atoms with Gasteiger partial charge in [-0.2, -0.15) is 5.10 Å². The van der Waals surface area contributed by atoms with Crippen LogP contribution in [0.4, 0.5) is 5.69 Å². The van der Waals surface area contributed by atoms with Crippen LogP contribution in [-0.2, 0) is 4.79 Å². The second kappa shape index (κ2) is 6.75. The summed E-state index contributed by atoms with van der Waals surface area (Å²) in [5.41, 5.74) is 0.770. The second-order valence-electron chi connectivity index (χ2n) is 4.54. The first kappa shape index (κ1) is 14.1. The van der Waals surface area contributed by atoms with Crippen LogP contribution in [0.3, 0.4) is 0 Å². The first-order valence-electron chi connectivity index (χ1n) is 6.71. The number of carbonyl (C=O) groups excluding carboxylic acids is 1. The molecule has 0 spiro atoms. The molecule has 5 heteroatoms. The number of aromatic nitrogens is 2. The minimum absolute atomic E-state index is 0.0304. The lowest BCUT2D eigenvalue weighted by molar-refractivity contribution is -0.116. The van der Waals surface area contributed by atoms with E-state index in [2.05, 4.69) is 10.4 Å². The Balaban J connectivity index is 1.87. The minimum Gasteiger partial charge on any atom is -0.494 e. The fraction of sp³-hybridized carbons (Fsp3) is 0.333. The van der Waals surface area contributed by atoms with Crippen molar-refractivity contribution in [1.29, 1.82) is 0 Å². The molecule has 5 nitrogen and oxygen atoms in total. The third kappa shape index (κ3) is 3.85. The molecule has 2 aromatic rings. The summed E-state index contributed by atoms with van der Waals surface area (Å²) in [6, 6.07) is 9.24. The van der Waals surface area contributed by atoms with E-state index >= 15 is 0 Å². The van der Waals surface area contributed by atoms with E-state index in [4.69, 9.17) is 4.74 Å². The van der Waals surface area contributed by atoms with E-state index in [-0.39, 0.29) is 11.9 Å². The standard InChI is InChI=1S/C15H19N3O2/c1-3-20-14-7-5-13(6-8-14)17-15(19)11-12(2)18-10-4-9-16-18/h4-10,12H,3,11H2,1-2H3,(H,17,19). The first-order chi connectivity index (χ1) is 9.69. The molecule has 1 atom stereocenters. The minimum atomic E-state index is -0.0304. The van der Waals surface area contributed by atoms with Gasteiger partial charge in [-0.3, -0.25) is 9.48 Å². The molecule has 1 amide bonds. The number of hydrogen-bond acceptors (Lipinski definition) is 3. The molecule has 0 aliphatic carbocycles. The lowest BCUT2D eigenvalue weighted by Gasteiger charge is -2.12. The maximum atomic E-state index is 11.9. The first-order valence-corrected chi connectivity index (χ1v) is 6.71. The highest BCUT2D eigenvalue weighted by atomic mass is 16.5. The van der Waals surface area contributed by atoms with Crippen molar-refractivity contribution in [1.82, 2.24) is 9.78 Å². The van der Waals surface area contributed by atoms with Crippen LogP contribution >= 0.6 is 0 Å². The number of benzene rings is 1. The SMILES string of the molecule is CCOc1ccc(NC(=O)CC(C)n2cccn2)cc1. The van der Waals surface area contributed by atoms with Gasteiger partial charge in [0.1, 0.15) is 5.75 Å². The van der Waals surface area contributed by atoms with Gasteiger partial charge in [0.15, 0.2) is 0 Å². The molecule has 20 heavy (non-hydrogen) atoms. The maximum Gasteiger partial charge on any atom is 0.226 e. The Bertz CT molecular complexity index is 535. The number of ether oxygens (including phenoxy) is 1. The quantitative estimate of drug-likeness (QED) is 0.880. The van der Waals surface area contributed by atoms with Crippen LogP contribution < -0.4 is 10.1 Å². The number of amides is 1. The average Bonchev–Trinajstić information content (AvgIpc) is 2.95. The number of rotatable bonds is 6. The molecule has 1 aromatic heterocycles. The third-order valence-corrected chi connectivity index (χ3v) is 2.91. The molecule has 1 heterocycles. The van der Waals surface area contributed by atoms with Gasteiger partial charge in [-0.1, -0.05) is 0 Å². The van der Waals surface area contributed by atoms with Crippen molar-refractivity contribution in [2.24, 2.45) is 0 Å². The monoisotopic (exact) mass is 273 g/mol. The van der Waals surface area contributed by atoms with E-state index < -0.39 is 0 Å². The average molecular weight is 273 g/mol. The van der Waals surface area contributed by atoms with Gasteiger partial charge in [-0.05, 0) is 44.2 Å². The highest BCUT2D eigenvalue weighted by Gasteiger charge is 2.11. The predicted molar refractivity (Wildman–Crippen MR) is 77.8 cm³/mol. The van der Waals surface area contributed by atoms with Crippen LogP contribution in [0.5, 0.6) is 5.75 Å². The summed E-state index contributed by atoms with van der Waals surface area (Å²) in [6.07, 6.45) is 3.95. The molecule has 0 aliphatic heterocycles. The Kier molecular flexibility index (Phi) is 4.76. The van der Waals surface area contributed by atoms with Crippen molar-refractivity contribution in [3.63, 3.8) is 0 Å². The maximum absolute atomic E-state index is 11.9. The molecule has 0 aliphatic rings. The Morgan fingerprint density at radius 3 is 2.75 bits per heavy atom. The molecule has 0 bridgehead atoms. The smallest absolute Gasteiger partial charge is 0.226 e. The molecule has 1 unspecified atom stereocenters. The predicted octanol–water partition coefficient (Wildman–Crippen LogP) is 2.87. The van der Waals surface area contributed by atoms with E-state index in [0.29, 0.717) is 13.0 Å². The van der Waals surface area contributed by atoms with E-state index in [1.54, 1.807) is 10.9 Å².